The Bertz CT molecular complexity index is 438. The molecule has 0 aliphatic heterocycles. The van der Waals surface area contributed by atoms with Crippen LogP contribution in [0.15, 0.2) is 24.3 Å². The second-order valence-electron chi connectivity index (χ2n) is 3.09. The summed E-state index contributed by atoms with van der Waals surface area (Å²) in [7, 11) is 1.68. The van der Waals surface area contributed by atoms with Crippen molar-refractivity contribution in [2.75, 3.05) is 12.8 Å². The van der Waals surface area contributed by atoms with Crippen LogP contribution in [0.2, 0.25) is 0 Å². The van der Waals surface area contributed by atoms with E-state index in [1.807, 2.05) is 24.3 Å². The predicted molar refractivity (Wildman–Crippen MR) is 60.5 cm³/mol. The van der Waals surface area contributed by atoms with Crippen LogP contribution in [0.25, 0.3) is 11.4 Å². The molecule has 0 radical (unpaired) electrons. The lowest BCUT2D eigenvalue weighted by Gasteiger charge is -2.00. The van der Waals surface area contributed by atoms with Crippen molar-refractivity contribution in [2.24, 2.45) is 0 Å². The highest BCUT2D eigenvalue weighted by Gasteiger charge is 2.03. The number of rotatable bonds is 3. The number of nitrogens with zero attached hydrogens (tertiary/aromatic N) is 2. The van der Waals surface area contributed by atoms with Crippen molar-refractivity contribution >= 4 is 16.7 Å². The van der Waals surface area contributed by atoms with E-state index in [0.29, 0.717) is 17.6 Å². The molecule has 0 amide bonds. The molecule has 1 aromatic carbocycles. The van der Waals surface area contributed by atoms with E-state index >= 15 is 0 Å². The van der Waals surface area contributed by atoms with Gasteiger partial charge < -0.3 is 10.5 Å². The minimum atomic E-state index is 0.492. The van der Waals surface area contributed by atoms with Crippen molar-refractivity contribution in [2.45, 2.75) is 6.61 Å². The molecular weight excluding hydrogens is 210 g/mol. The Morgan fingerprint density at radius 3 is 2.60 bits per heavy atom. The van der Waals surface area contributed by atoms with Gasteiger partial charge in [-0.2, -0.15) is 9.36 Å². The number of anilines is 1. The van der Waals surface area contributed by atoms with Crippen molar-refractivity contribution in [3.05, 3.63) is 29.8 Å². The van der Waals surface area contributed by atoms with Crippen LogP contribution in [0.4, 0.5) is 5.13 Å². The van der Waals surface area contributed by atoms with Crippen molar-refractivity contribution < 1.29 is 4.74 Å². The van der Waals surface area contributed by atoms with E-state index in [9.17, 15) is 0 Å². The molecule has 0 saturated heterocycles. The van der Waals surface area contributed by atoms with Gasteiger partial charge in [-0.25, -0.2) is 0 Å². The molecule has 0 bridgehead atoms. The van der Waals surface area contributed by atoms with Gasteiger partial charge in [-0.3, -0.25) is 0 Å². The summed E-state index contributed by atoms with van der Waals surface area (Å²) in [6, 6.07) is 7.93. The molecule has 0 aliphatic carbocycles. The largest absolute Gasteiger partial charge is 0.380 e. The third-order valence-corrected chi connectivity index (χ3v) is 2.51. The first kappa shape index (κ1) is 10.1. The second kappa shape index (κ2) is 4.37. The van der Waals surface area contributed by atoms with Crippen molar-refractivity contribution in [3.63, 3.8) is 0 Å². The van der Waals surface area contributed by atoms with Crippen LogP contribution in [-0.4, -0.2) is 16.5 Å². The molecular formula is C10H11N3OS. The summed E-state index contributed by atoms with van der Waals surface area (Å²) in [5.74, 6) is 0.682. The van der Waals surface area contributed by atoms with E-state index in [-0.39, 0.29) is 0 Å². The number of hydrogen-bond acceptors (Lipinski definition) is 5. The quantitative estimate of drug-likeness (QED) is 0.860. The van der Waals surface area contributed by atoms with E-state index in [1.54, 1.807) is 7.11 Å². The summed E-state index contributed by atoms with van der Waals surface area (Å²) in [6.45, 7) is 0.618. The van der Waals surface area contributed by atoms with Crippen LogP contribution in [0.3, 0.4) is 0 Å². The Kier molecular flexibility index (Phi) is 2.94. The Labute approximate surface area is 91.9 Å². The van der Waals surface area contributed by atoms with Crippen LogP contribution in [0.5, 0.6) is 0 Å². The summed E-state index contributed by atoms with van der Waals surface area (Å²) in [4.78, 5) is 4.11. The fourth-order valence-electron chi connectivity index (χ4n) is 1.27. The van der Waals surface area contributed by atoms with Crippen LogP contribution in [0, 0.1) is 0 Å². The van der Waals surface area contributed by atoms with Crippen LogP contribution in [-0.2, 0) is 11.3 Å². The SMILES string of the molecule is COCc1ccc(-c2nsc(N)n2)cc1. The zero-order valence-corrected chi connectivity index (χ0v) is 9.12. The highest BCUT2D eigenvalue weighted by Crippen LogP contribution is 2.19. The number of methoxy groups -OCH3 is 1. The number of nitrogens with two attached hydrogens (primary N) is 1. The maximum absolute atomic E-state index is 5.52. The first-order valence-corrected chi connectivity index (χ1v) is 5.24. The number of ether oxygens (including phenoxy) is 1. The topological polar surface area (TPSA) is 61.0 Å². The van der Waals surface area contributed by atoms with Crippen molar-refractivity contribution in [3.8, 4) is 11.4 Å². The number of nitrogen functional groups attached to an aromatic ring is 1. The Balaban J connectivity index is 2.23. The second-order valence-corrected chi connectivity index (χ2v) is 3.87. The molecule has 0 spiro atoms. The van der Waals surface area contributed by atoms with E-state index in [1.165, 1.54) is 11.5 Å². The third-order valence-electron chi connectivity index (χ3n) is 1.96. The monoisotopic (exact) mass is 221 g/mol. The minimum absolute atomic E-state index is 0.492. The number of aromatic nitrogens is 2. The van der Waals surface area contributed by atoms with Gasteiger partial charge in [-0.05, 0) is 5.56 Å². The van der Waals surface area contributed by atoms with Gasteiger partial charge in [0.1, 0.15) is 0 Å². The van der Waals surface area contributed by atoms with E-state index in [2.05, 4.69) is 9.36 Å². The molecule has 2 aromatic rings. The number of benzene rings is 1. The van der Waals surface area contributed by atoms with Gasteiger partial charge in [-0.1, -0.05) is 24.3 Å². The zero-order valence-electron chi connectivity index (χ0n) is 8.30. The van der Waals surface area contributed by atoms with Gasteiger partial charge in [0, 0.05) is 24.2 Å². The van der Waals surface area contributed by atoms with Gasteiger partial charge in [-0.15, -0.1) is 0 Å². The van der Waals surface area contributed by atoms with Gasteiger partial charge >= 0.3 is 0 Å². The van der Waals surface area contributed by atoms with Gasteiger partial charge in [0.15, 0.2) is 11.0 Å². The normalized spacial score (nSPS) is 10.5. The average Bonchev–Trinajstić information content (AvgIpc) is 2.67. The first-order chi connectivity index (χ1) is 7.29. The molecule has 0 aliphatic rings. The highest BCUT2D eigenvalue weighted by atomic mass is 32.1. The van der Waals surface area contributed by atoms with Crippen LogP contribution < -0.4 is 5.73 Å². The summed E-state index contributed by atoms with van der Waals surface area (Å²) in [6.07, 6.45) is 0. The molecule has 0 unspecified atom stereocenters. The molecule has 1 aromatic heterocycles. The third kappa shape index (κ3) is 2.31. The van der Waals surface area contributed by atoms with Crippen LogP contribution in [0.1, 0.15) is 5.56 Å². The average molecular weight is 221 g/mol. The first-order valence-electron chi connectivity index (χ1n) is 4.47. The Morgan fingerprint density at radius 1 is 1.33 bits per heavy atom. The maximum atomic E-state index is 5.52. The molecule has 1 heterocycles. The lowest BCUT2D eigenvalue weighted by atomic mass is 10.1. The van der Waals surface area contributed by atoms with E-state index in [0.717, 1.165) is 11.1 Å². The molecule has 2 N–H and O–H groups in total. The summed E-state index contributed by atoms with van der Waals surface area (Å²) in [5, 5.41) is 0.492. The minimum Gasteiger partial charge on any atom is -0.380 e. The molecule has 0 saturated carbocycles. The van der Waals surface area contributed by atoms with Crippen molar-refractivity contribution in [1.82, 2.24) is 9.36 Å². The van der Waals surface area contributed by atoms with E-state index in [4.69, 9.17) is 10.5 Å². The summed E-state index contributed by atoms with van der Waals surface area (Å²) in [5.41, 5.74) is 7.62. The van der Waals surface area contributed by atoms with E-state index < -0.39 is 0 Å². The molecule has 2 rings (SSSR count). The summed E-state index contributed by atoms with van der Waals surface area (Å²) >= 11 is 1.21. The molecule has 4 nitrogen and oxygen atoms in total. The molecule has 0 atom stereocenters. The Morgan fingerprint density at radius 2 is 2.07 bits per heavy atom. The molecule has 15 heavy (non-hydrogen) atoms. The highest BCUT2D eigenvalue weighted by molar-refractivity contribution is 7.09. The predicted octanol–water partition coefficient (Wildman–Crippen LogP) is 1.93. The molecule has 78 valence electrons. The lowest BCUT2D eigenvalue weighted by Crippen LogP contribution is -1.88. The molecule has 0 fully saturated rings. The maximum Gasteiger partial charge on any atom is 0.200 e. The standard InChI is InChI=1S/C10H11N3OS/c1-14-6-7-2-4-8(5-3-7)9-12-10(11)15-13-9/h2-5H,6H2,1H3,(H2,11,12,13). The van der Waals surface area contributed by atoms with Crippen molar-refractivity contribution in [1.29, 1.82) is 0 Å². The lowest BCUT2D eigenvalue weighted by molar-refractivity contribution is 0.185. The summed E-state index contributed by atoms with van der Waals surface area (Å²) < 4.78 is 9.16. The van der Waals surface area contributed by atoms with Crippen LogP contribution >= 0.6 is 11.5 Å². The fraction of sp³-hybridized carbons (Fsp3) is 0.200. The smallest absolute Gasteiger partial charge is 0.200 e. The zero-order chi connectivity index (χ0) is 10.7. The van der Waals surface area contributed by atoms with Gasteiger partial charge in [0.25, 0.3) is 0 Å². The Hall–Kier alpha value is -1.46. The number of hydrogen-bond donors (Lipinski definition) is 1. The fourth-order valence-corrected chi connectivity index (χ4v) is 1.72. The van der Waals surface area contributed by atoms with Gasteiger partial charge in [0.2, 0.25) is 0 Å². The van der Waals surface area contributed by atoms with Gasteiger partial charge in [0.05, 0.1) is 6.61 Å². The molecule has 5 heteroatoms.